The number of aliphatic hydroxyl groups excluding tert-OH is 1. The van der Waals surface area contributed by atoms with Gasteiger partial charge >= 0.3 is 0 Å². The monoisotopic (exact) mass is 248 g/mol. The van der Waals surface area contributed by atoms with Crippen molar-refractivity contribution < 1.29 is 5.11 Å². The van der Waals surface area contributed by atoms with E-state index in [1.54, 1.807) is 0 Å². The van der Waals surface area contributed by atoms with Gasteiger partial charge in [-0.2, -0.15) is 0 Å². The number of likely N-dealkylation sites (N-methyl/N-ethyl adjacent to an activating group) is 1. The first-order valence-corrected chi connectivity index (χ1v) is 6.10. The van der Waals surface area contributed by atoms with Crippen LogP contribution in [-0.2, 0) is 0 Å². The van der Waals surface area contributed by atoms with E-state index in [4.69, 9.17) is 0 Å². The fourth-order valence-corrected chi connectivity index (χ4v) is 2.83. The van der Waals surface area contributed by atoms with E-state index >= 15 is 0 Å². The van der Waals surface area contributed by atoms with Gasteiger partial charge in [-0.1, -0.05) is 0 Å². The van der Waals surface area contributed by atoms with Crippen LogP contribution in [0.1, 0.15) is 24.4 Å². The third kappa shape index (κ3) is 1.57. The number of hydrogen-bond acceptors (Lipinski definition) is 4. The number of H-pyrrole nitrogens is 2. The van der Waals surface area contributed by atoms with Crippen LogP contribution in [0.15, 0.2) is 17.3 Å². The number of fused-ring (bicyclic) bond motifs is 1. The number of likely N-dealkylation sites (tertiary alicyclic amines) is 1. The molecule has 0 unspecified atom stereocenters. The van der Waals surface area contributed by atoms with Crippen LogP contribution in [0.25, 0.3) is 11.0 Å². The molecule has 2 atom stereocenters. The summed E-state index contributed by atoms with van der Waals surface area (Å²) in [6.07, 6.45) is 5.23. The third-order valence-electron chi connectivity index (χ3n) is 3.91. The molecule has 3 rings (SSSR count). The van der Waals surface area contributed by atoms with E-state index in [9.17, 15) is 9.90 Å². The number of aromatic nitrogens is 3. The molecule has 0 radical (unpaired) electrons. The molecular weight excluding hydrogens is 232 g/mol. The molecule has 0 bridgehead atoms. The fraction of sp³-hybridized carbons (Fsp3) is 0.500. The van der Waals surface area contributed by atoms with Gasteiger partial charge in [0.05, 0.1) is 12.9 Å². The van der Waals surface area contributed by atoms with Gasteiger partial charge in [0, 0.05) is 23.8 Å². The molecule has 0 saturated carbocycles. The van der Waals surface area contributed by atoms with Crippen LogP contribution in [0.2, 0.25) is 0 Å². The molecule has 96 valence electrons. The van der Waals surface area contributed by atoms with Crippen molar-refractivity contribution in [2.24, 2.45) is 0 Å². The summed E-state index contributed by atoms with van der Waals surface area (Å²) in [5, 5.41) is 9.29. The van der Waals surface area contributed by atoms with Crippen molar-refractivity contribution in [1.29, 1.82) is 0 Å². The SMILES string of the molecule is CN1[C@H](CO)CC[C@@H]1c1c[nH]c2c(=O)[nH]cnc12. The van der Waals surface area contributed by atoms with Crippen molar-refractivity contribution in [3.63, 3.8) is 0 Å². The first-order valence-electron chi connectivity index (χ1n) is 6.10. The molecule has 0 aliphatic carbocycles. The van der Waals surface area contributed by atoms with Gasteiger partial charge in [-0.15, -0.1) is 0 Å². The second kappa shape index (κ2) is 4.22. The molecule has 1 fully saturated rings. The quantitative estimate of drug-likeness (QED) is 0.717. The highest BCUT2D eigenvalue weighted by molar-refractivity contribution is 5.78. The van der Waals surface area contributed by atoms with Crippen molar-refractivity contribution in [3.8, 4) is 0 Å². The molecule has 6 nitrogen and oxygen atoms in total. The van der Waals surface area contributed by atoms with Crippen molar-refractivity contribution in [3.05, 3.63) is 28.4 Å². The second-order valence-electron chi connectivity index (χ2n) is 4.79. The summed E-state index contributed by atoms with van der Waals surface area (Å²) in [4.78, 5) is 23.6. The molecular formula is C12H16N4O2. The first-order chi connectivity index (χ1) is 8.72. The van der Waals surface area contributed by atoms with E-state index in [-0.39, 0.29) is 24.2 Å². The Balaban J connectivity index is 2.06. The Morgan fingerprint density at radius 3 is 3.06 bits per heavy atom. The van der Waals surface area contributed by atoms with Gasteiger partial charge in [0.1, 0.15) is 11.0 Å². The average Bonchev–Trinajstić information content (AvgIpc) is 2.93. The van der Waals surface area contributed by atoms with Gasteiger partial charge in [-0.3, -0.25) is 9.69 Å². The molecule has 1 aliphatic heterocycles. The van der Waals surface area contributed by atoms with E-state index in [0.717, 1.165) is 23.9 Å². The Kier molecular flexibility index (Phi) is 2.68. The van der Waals surface area contributed by atoms with E-state index in [1.807, 2.05) is 13.2 Å². The standard InChI is InChI=1S/C12H16N4O2/c1-16-7(5-17)2-3-9(16)8-4-13-11-10(8)14-6-15-12(11)18/h4,6-7,9,13,17H,2-3,5H2,1H3,(H,14,15,18)/t7-,9+/m0/s1. The van der Waals surface area contributed by atoms with Crippen LogP contribution in [0.3, 0.4) is 0 Å². The number of hydrogen-bond donors (Lipinski definition) is 3. The summed E-state index contributed by atoms with van der Waals surface area (Å²) < 4.78 is 0. The Morgan fingerprint density at radius 1 is 1.50 bits per heavy atom. The van der Waals surface area contributed by atoms with E-state index in [1.165, 1.54) is 6.33 Å². The maximum absolute atomic E-state index is 11.6. The molecule has 1 aliphatic rings. The summed E-state index contributed by atoms with van der Waals surface area (Å²) in [6.45, 7) is 0.170. The minimum absolute atomic E-state index is 0.148. The Bertz CT molecular complexity index is 618. The molecule has 2 aromatic heterocycles. The normalized spacial score (nSPS) is 25.0. The molecule has 3 heterocycles. The van der Waals surface area contributed by atoms with Crippen LogP contribution in [0, 0.1) is 0 Å². The van der Waals surface area contributed by atoms with Gasteiger partial charge in [0.2, 0.25) is 0 Å². The van der Waals surface area contributed by atoms with Crippen molar-refractivity contribution in [2.75, 3.05) is 13.7 Å². The number of nitrogens with one attached hydrogen (secondary N) is 2. The van der Waals surface area contributed by atoms with E-state index < -0.39 is 0 Å². The van der Waals surface area contributed by atoms with Gasteiger partial charge in [0.15, 0.2) is 0 Å². The summed E-state index contributed by atoms with van der Waals surface area (Å²) >= 11 is 0. The zero-order valence-corrected chi connectivity index (χ0v) is 10.2. The van der Waals surface area contributed by atoms with E-state index in [0.29, 0.717) is 5.52 Å². The van der Waals surface area contributed by atoms with Gasteiger partial charge in [-0.25, -0.2) is 4.98 Å². The largest absolute Gasteiger partial charge is 0.395 e. The summed E-state index contributed by atoms with van der Waals surface area (Å²) in [5.74, 6) is 0. The van der Waals surface area contributed by atoms with Crippen LogP contribution >= 0.6 is 0 Å². The van der Waals surface area contributed by atoms with Crippen LogP contribution in [0.4, 0.5) is 0 Å². The maximum Gasteiger partial charge on any atom is 0.275 e. The zero-order valence-electron chi connectivity index (χ0n) is 10.2. The highest BCUT2D eigenvalue weighted by Gasteiger charge is 2.32. The van der Waals surface area contributed by atoms with Gasteiger partial charge in [0.25, 0.3) is 5.56 Å². The van der Waals surface area contributed by atoms with Crippen LogP contribution < -0.4 is 5.56 Å². The number of rotatable bonds is 2. The van der Waals surface area contributed by atoms with Gasteiger partial charge in [-0.05, 0) is 19.9 Å². The minimum Gasteiger partial charge on any atom is -0.395 e. The lowest BCUT2D eigenvalue weighted by Crippen LogP contribution is -2.30. The predicted molar refractivity (Wildman–Crippen MR) is 67.3 cm³/mol. The number of aliphatic hydroxyl groups is 1. The minimum atomic E-state index is -0.148. The molecule has 2 aromatic rings. The average molecular weight is 248 g/mol. The third-order valence-corrected chi connectivity index (χ3v) is 3.91. The number of nitrogens with zero attached hydrogens (tertiary/aromatic N) is 2. The van der Waals surface area contributed by atoms with Crippen molar-refractivity contribution >= 4 is 11.0 Å². The Labute approximate surface area is 104 Å². The van der Waals surface area contributed by atoms with Crippen LogP contribution in [-0.4, -0.2) is 44.7 Å². The highest BCUT2D eigenvalue weighted by atomic mass is 16.3. The molecule has 0 aromatic carbocycles. The Morgan fingerprint density at radius 2 is 2.33 bits per heavy atom. The first kappa shape index (κ1) is 11.4. The molecule has 6 heteroatoms. The molecule has 0 amide bonds. The van der Waals surface area contributed by atoms with Crippen LogP contribution in [0.5, 0.6) is 0 Å². The summed E-state index contributed by atoms with van der Waals surface area (Å²) in [6, 6.07) is 0.409. The smallest absolute Gasteiger partial charge is 0.275 e. The molecule has 0 spiro atoms. The Hall–Kier alpha value is -1.66. The topological polar surface area (TPSA) is 85.0 Å². The predicted octanol–water partition coefficient (Wildman–Crippen LogP) is 0.379. The van der Waals surface area contributed by atoms with Crippen molar-refractivity contribution in [2.45, 2.75) is 24.9 Å². The number of aromatic amines is 2. The zero-order chi connectivity index (χ0) is 12.7. The lowest BCUT2D eigenvalue weighted by Gasteiger charge is -2.23. The molecule has 18 heavy (non-hydrogen) atoms. The summed E-state index contributed by atoms with van der Waals surface area (Å²) in [5.41, 5.74) is 2.14. The molecule has 1 saturated heterocycles. The fourth-order valence-electron chi connectivity index (χ4n) is 2.83. The lowest BCUT2D eigenvalue weighted by atomic mass is 10.1. The maximum atomic E-state index is 11.6. The van der Waals surface area contributed by atoms with E-state index in [2.05, 4.69) is 19.9 Å². The lowest BCUT2D eigenvalue weighted by molar-refractivity contribution is 0.156. The highest BCUT2D eigenvalue weighted by Crippen LogP contribution is 2.36. The summed E-state index contributed by atoms with van der Waals surface area (Å²) in [7, 11) is 2.00. The van der Waals surface area contributed by atoms with Crippen molar-refractivity contribution in [1.82, 2.24) is 19.9 Å². The molecule has 3 N–H and O–H groups in total. The second-order valence-corrected chi connectivity index (χ2v) is 4.79. The van der Waals surface area contributed by atoms with Gasteiger partial charge < -0.3 is 15.1 Å².